The molecule has 0 spiro atoms. The van der Waals surface area contributed by atoms with Gasteiger partial charge in [0.25, 0.3) is 0 Å². The third kappa shape index (κ3) is 3.54. The standard InChI is InChI=1S/C15H15ClN2O2S/c1-3-11-12(4-2)17-18-14(13(11)15(19)20)21-10-7-5-6-9(16)8-10/h5-8H,3-4H2,1-2H3,(H,19,20). The minimum atomic E-state index is -0.971. The Bertz CT molecular complexity index is 677. The quantitative estimate of drug-likeness (QED) is 0.897. The Morgan fingerprint density at radius 2 is 2.05 bits per heavy atom. The molecule has 0 fully saturated rings. The molecule has 0 bridgehead atoms. The molecule has 0 unspecified atom stereocenters. The number of carboxylic acids is 1. The molecule has 0 aliphatic heterocycles. The van der Waals surface area contributed by atoms with E-state index in [1.165, 1.54) is 11.8 Å². The van der Waals surface area contributed by atoms with Crippen LogP contribution in [0.25, 0.3) is 0 Å². The first-order valence-electron chi connectivity index (χ1n) is 6.61. The summed E-state index contributed by atoms with van der Waals surface area (Å²) in [6, 6.07) is 7.23. The van der Waals surface area contributed by atoms with Crippen molar-refractivity contribution in [2.45, 2.75) is 36.6 Å². The SMILES string of the molecule is CCc1nnc(Sc2cccc(Cl)c2)c(C(=O)O)c1CC. The first-order valence-corrected chi connectivity index (χ1v) is 7.81. The van der Waals surface area contributed by atoms with Crippen molar-refractivity contribution in [3.05, 3.63) is 46.1 Å². The maximum atomic E-state index is 11.6. The van der Waals surface area contributed by atoms with Crippen LogP contribution in [0.1, 0.15) is 35.5 Å². The zero-order chi connectivity index (χ0) is 15.4. The molecule has 2 rings (SSSR count). The molecule has 21 heavy (non-hydrogen) atoms. The molecule has 0 aliphatic rings. The predicted octanol–water partition coefficient (Wildman–Crippen LogP) is 4.10. The van der Waals surface area contributed by atoms with E-state index in [4.69, 9.17) is 11.6 Å². The fourth-order valence-electron chi connectivity index (χ4n) is 2.09. The van der Waals surface area contributed by atoms with E-state index >= 15 is 0 Å². The van der Waals surface area contributed by atoms with Gasteiger partial charge < -0.3 is 5.11 Å². The predicted molar refractivity (Wildman–Crippen MR) is 83.3 cm³/mol. The van der Waals surface area contributed by atoms with Crippen LogP contribution in [-0.2, 0) is 12.8 Å². The lowest BCUT2D eigenvalue weighted by molar-refractivity contribution is 0.0690. The van der Waals surface area contributed by atoms with Crippen molar-refractivity contribution in [2.24, 2.45) is 0 Å². The van der Waals surface area contributed by atoms with Gasteiger partial charge in [0.1, 0.15) is 5.03 Å². The summed E-state index contributed by atoms with van der Waals surface area (Å²) in [6.45, 7) is 3.87. The highest BCUT2D eigenvalue weighted by Gasteiger charge is 2.21. The summed E-state index contributed by atoms with van der Waals surface area (Å²) in [5.74, 6) is -0.971. The van der Waals surface area contributed by atoms with Gasteiger partial charge in [0.15, 0.2) is 0 Å². The van der Waals surface area contributed by atoms with E-state index in [0.29, 0.717) is 22.9 Å². The van der Waals surface area contributed by atoms with E-state index in [1.807, 2.05) is 26.0 Å². The number of aryl methyl sites for hydroxylation is 1. The van der Waals surface area contributed by atoms with Gasteiger partial charge in [-0.05, 0) is 36.6 Å². The van der Waals surface area contributed by atoms with Crippen molar-refractivity contribution in [1.29, 1.82) is 0 Å². The molecule has 1 aromatic heterocycles. The van der Waals surface area contributed by atoms with Crippen LogP contribution in [0, 0.1) is 0 Å². The van der Waals surface area contributed by atoms with Crippen molar-refractivity contribution in [3.63, 3.8) is 0 Å². The van der Waals surface area contributed by atoms with E-state index in [2.05, 4.69) is 10.2 Å². The number of aromatic nitrogens is 2. The molecule has 0 amide bonds. The summed E-state index contributed by atoms with van der Waals surface area (Å²) >= 11 is 7.22. The number of aromatic carboxylic acids is 1. The minimum Gasteiger partial charge on any atom is -0.478 e. The Labute approximate surface area is 132 Å². The van der Waals surface area contributed by atoms with Crippen LogP contribution in [0.2, 0.25) is 5.02 Å². The van der Waals surface area contributed by atoms with Gasteiger partial charge in [-0.2, -0.15) is 5.10 Å². The zero-order valence-corrected chi connectivity index (χ0v) is 13.3. The Balaban J connectivity index is 2.50. The van der Waals surface area contributed by atoms with Crippen molar-refractivity contribution >= 4 is 29.3 Å². The molecular weight excluding hydrogens is 308 g/mol. The number of carboxylic acid groups (broad SMARTS) is 1. The monoisotopic (exact) mass is 322 g/mol. The maximum Gasteiger partial charge on any atom is 0.338 e. The molecule has 6 heteroatoms. The van der Waals surface area contributed by atoms with Crippen LogP contribution in [0.4, 0.5) is 0 Å². The number of carbonyl (C=O) groups is 1. The molecule has 110 valence electrons. The minimum absolute atomic E-state index is 0.245. The van der Waals surface area contributed by atoms with Crippen LogP contribution in [0.15, 0.2) is 34.2 Å². The Kier molecular flexibility index (Phi) is 5.20. The lowest BCUT2D eigenvalue weighted by atomic mass is 10.0. The summed E-state index contributed by atoms with van der Waals surface area (Å²) in [4.78, 5) is 12.5. The third-order valence-electron chi connectivity index (χ3n) is 3.04. The maximum absolute atomic E-state index is 11.6. The third-order valence-corrected chi connectivity index (χ3v) is 4.24. The number of benzene rings is 1. The number of hydrogen-bond donors (Lipinski definition) is 1. The van der Waals surface area contributed by atoms with Gasteiger partial charge in [-0.1, -0.05) is 43.3 Å². The average Bonchev–Trinajstić information content (AvgIpc) is 2.46. The second kappa shape index (κ2) is 6.91. The number of nitrogens with zero attached hydrogens (tertiary/aromatic N) is 2. The topological polar surface area (TPSA) is 63.1 Å². The Morgan fingerprint density at radius 3 is 2.62 bits per heavy atom. The smallest absolute Gasteiger partial charge is 0.338 e. The van der Waals surface area contributed by atoms with E-state index in [-0.39, 0.29) is 5.56 Å². The van der Waals surface area contributed by atoms with Gasteiger partial charge in [0, 0.05) is 9.92 Å². The van der Waals surface area contributed by atoms with Crippen LogP contribution in [0.5, 0.6) is 0 Å². The fourth-order valence-corrected chi connectivity index (χ4v) is 3.29. The van der Waals surface area contributed by atoms with Crippen LogP contribution >= 0.6 is 23.4 Å². The lowest BCUT2D eigenvalue weighted by Crippen LogP contribution is -2.11. The van der Waals surface area contributed by atoms with Crippen LogP contribution in [-0.4, -0.2) is 21.3 Å². The molecule has 0 saturated carbocycles. The molecule has 0 atom stereocenters. The van der Waals surface area contributed by atoms with E-state index < -0.39 is 5.97 Å². The molecule has 0 aliphatic carbocycles. The van der Waals surface area contributed by atoms with Crippen LogP contribution in [0.3, 0.4) is 0 Å². The van der Waals surface area contributed by atoms with E-state index in [0.717, 1.165) is 16.2 Å². The van der Waals surface area contributed by atoms with Crippen LogP contribution < -0.4 is 0 Å². The fraction of sp³-hybridized carbons (Fsp3) is 0.267. The summed E-state index contributed by atoms with van der Waals surface area (Å²) in [5.41, 5.74) is 1.74. The molecular formula is C15H15ClN2O2S. The largest absolute Gasteiger partial charge is 0.478 e. The lowest BCUT2D eigenvalue weighted by Gasteiger charge is -2.12. The molecule has 1 heterocycles. The van der Waals surface area contributed by atoms with Gasteiger partial charge in [0.05, 0.1) is 11.3 Å². The van der Waals surface area contributed by atoms with Gasteiger partial charge in [-0.3, -0.25) is 0 Å². The second-order valence-corrected chi connectivity index (χ2v) is 5.88. The number of halogens is 1. The highest BCUT2D eigenvalue weighted by atomic mass is 35.5. The van der Waals surface area contributed by atoms with Crippen molar-refractivity contribution in [2.75, 3.05) is 0 Å². The van der Waals surface area contributed by atoms with Crippen molar-refractivity contribution in [3.8, 4) is 0 Å². The molecule has 2 aromatic rings. The van der Waals surface area contributed by atoms with Gasteiger partial charge in [0.2, 0.25) is 0 Å². The molecule has 4 nitrogen and oxygen atoms in total. The van der Waals surface area contributed by atoms with Crippen molar-refractivity contribution in [1.82, 2.24) is 10.2 Å². The summed E-state index contributed by atoms with van der Waals surface area (Å²) in [6.07, 6.45) is 1.28. The average molecular weight is 323 g/mol. The normalized spacial score (nSPS) is 10.6. The Hall–Kier alpha value is -1.59. The highest BCUT2D eigenvalue weighted by molar-refractivity contribution is 7.99. The number of rotatable bonds is 5. The van der Waals surface area contributed by atoms with Gasteiger partial charge in [-0.25, -0.2) is 4.79 Å². The van der Waals surface area contributed by atoms with Gasteiger partial charge in [-0.15, -0.1) is 5.10 Å². The highest BCUT2D eigenvalue weighted by Crippen LogP contribution is 2.32. The summed E-state index contributed by atoms with van der Waals surface area (Å²) in [5, 5.41) is 18.8. The number of hydrogen-bond acceptors (Lipinski definition) is 4. The van der Waals surface area contributed by atoms with Crippen molar-refractivity contribution < 1.29 is 9.90 Å². The Morgan fingerprint density at radius 1 is 1.29 bits per heavy atom. The van der Waals surface area contributed by atoms with Gasteiger partial charge >= 0.3 is 5.97 Å². The summed E-state index contributed by atoms with van der Waals surface area (Å²) < 4.78 is 0. The molecule has 1 N–H and O–H groups in total. The first kappa shape index (κ1) is 15.8. The molecule has 1 aromatic carbocycles. The molecule has 0 saturated heterocycles. The van der Waals surface area contributed by atoms with E-state index in [9.17, 15) is 9.90 Å². The zero-order valence-electron chi connectivity index (χ0n) is 11.8. The van der Waals surface area contributed by atoms with E-state index in [1.54, 1.807) is 12.1 Å². The first-order chi connectivity index (χ1) is 10.1. The second-order valence-electron chi connectivity index (χ2n) is 4.38. The molecule has 0 radical (unpaired) electrons. The summed E-state index contributed by atoms with van der Waals surface area (Å²) in [7, 11) is 0.